The first-order valence-corrected chi connectivity index (χ1v) is 5.78. The van der Waals surface area contributed by atoms with Crippen molar-refractivity contribution >= 4 is 40.6 Å². The lowest BCUT2D eigenvalue weighted by atomic mass is 10.1. The summed E-state index contributed by atoms with van der Waals surface area (Å²) >= 11 is 12.2. The summed E-state index contributed by atoms with van der Waals surface area (Å²) in [4.78, 5) is 11.7. The van der Waals surface area contributed by atoms with E-state index in [2.05, 4.69) is 5.10 Å². The lowest BCUT2D eigenvalue weighted by molar-refractivity contribution is -0.116. The Morgan fingerprint density at radius 2 is 2.00 bits per heavy atom. The van der Waals surface area contributed by atoms with Crippen molar-refractivity contribution in [3.05, 3.63) is 27.2 Å². The maximum atomic E-state index is 11.7. The second kappa shape index (κ2) is 4.20. The highest BCUT2D eigenvalue weighted by molar-refractivity contribution is 6.44. The third-order valence-electron chi connectivity index (χ3n) is 2.72. The summed E-state index contributed by atoms with van der Waals surface area (Å²) in [5, 5.41) is 5.91. The first kappa shape index (κ1) is 12.2. The van der Waals surface area contributed by atoms with Gasteiger partial charge in [0.1, 0.15) is 5.84 Å². The number of aryl methyl sites for hydroxylation is 1. The highest BCUT2D eigenvalue weighted by Crippen LogP contribution is 2.38. The molecule has 6 heteroatoms. The SMILES string of the molecule is Cc1cc(N2N=C(N)CC2=O)c(Cl)c(Cl)c1C. The van der Waals surface area contributed by atoms with E-state index in [0.717, 1.165) is 11.1 Å². The largest absolute Gasteiger partial charge is 0.385 e. The van der Waals surface area contributed by atoms with Crippen LogP contribution in [0.3, 0.4) is 0 Å². The van der Waals surface area contributed by atoms with Crippen molar-refractivity contribution in [2.75, 3.05) is 5.01 Å². The van der Waals surface area contributed by atoms with Gasteiger partial charge in [0.05, 0.1) is 22.2 Å². The molecule has 0 radical (unpaired) electrons. The lowest BCUT2D eigenvalue weighted by Gasteiger charge is -2.16. The van der Waals surface area contributed by atoms with Crippen molar-refractivity contribution in [1.29, 1.82) is 0 Å². The number of nitrogens with zero attached hydrogens (tertiary/aromatic N) is 2. The first-order valence-electron chi connectivity index (χ1n) is 5.03. The summed E-state index contributed by atoms with van der Waals surface area (Å²) in [6.45, 7) is 3.77. The standard InChI is InChI=1S/C11H11Cl2N3O/c1-5-3-7(11(13)10(12)6(5)2)16-9(17)4-8(14)15-16/h3H,4H2,1-2H3,(H2,14,15). The van der Waals surface area contributed by atoms with Crippen molar-refractivity contribution < 1.29 is 4.79 Å². The molecule has 4 nitrogen and oxygen atoms in total. The zero-order valence-electron chi connectivity index (χ0n) is 9.42. The van der Waals surface area contributed by atoms with Gasteiger partial charge in [0.15, 0.2) is 0 Å². The van der Waals surface area contributed by atoms with Crippen molar-refractivity contribution in [1.82, 2.24) is 0 Å². The van der Waals surface area contributed by atoms with Crippen LogP contribution in [0, 0.1) is 13.8 Å². The van der Waals surface area contributed by atoms with Crippen molar-refractivity contribution in [2.45, 2.75) is 20.3 Å². The Kier molecular flexibility index (Phi) is 3.02. The number of carbonyl (C=O) groups is 1. The van der Waals surface area contributed by atoms with Gasteiger partial charge in [0, 0.05) is 0 Å². The van der Waals surface area contributed by atoms with Crippen LogP contribution in [0.1, 0.15) is 17.5 Å². The minimum Gasteiger partial charge on any atom is -0.385 e. The second-order valence-corrected chi connectivity index (χ2v) is 4.70. The van der Waals surface area contributed by atoms with Crippen LogP contribution in [-0.2, 0) is 4.79 Å². The highest BCUT2D eigenvalue weighted by Gasteiger charge is 2.26. The van der Waals surface area contributed by atoms with Gasteiger partial charge in [-0.2, -0.15) is 10.1 Å². The van der Waals surface area contributed by atoms with Crippen LogP contribution < -0.4 is 10.7 Å². The van der Waals surface area contributed by atoms with Gasteiger partial charge in [-0.15, -0.1) is 0 Å². The molecule has 1 aliphatic heterocycles. The molecular formula is C11H11Cl2N3O. The van der Waals surface area contributed by atoms with E-state index in [9.17, 15) is 4.79 Å². The first-order chi connectivity index (χ1) is 7.91. The predicted molar refractivity (Wildman–Crippen MR) is 69.7 cm³/mol. The molecule has 1 aromatic rings. The summed E-state index contributed by atoms with van der Waals surface area (Å²) in [6.07, 6.45) is 0.112. The normalized spacial score (nSPS) is 15.4. The van der Waals surface area contributed by atoms with E-state index in [4.69, 9.17) is 28.9 Å². The topological polar surface area (TPSA) is 58.7 Å². The van der Waals surface area contributed by atoms with Crippen LogP contribution in [0.4, 0.5) is 5.69 Å². The number of rotatable bonds is 1. The number of carbonyl (C=O) groups excluding carboxylic acids is 1. The average Bonchev–Trinajstić information content (AvgIpc) is 2.60. The maximum Gasteiger partial charge on any atom is 0.255 e. The van der Waals surface area contributed by atoms with E-state index in [-0.39, 0.29) is 18.2 Å². The Bertz CT molecular complexity index is 540. The molecule has 0 bridgehead atoms. The number of hydrogen-bond donors (Lipinski definition) is 1. The second-order valence-electron chi connectivity index (χ2n) is 3.94. The summed E-state index contributed by atoms with van der Waals surface area (Å²) in [7, 11) is 0. The van der Waals surface area contributed by atoms with E-state index in [1.807, 2.05) is 13.8 Å². The van der Waals surface area contributed by atoms with Crippen molar-refractivity contribution in [3.8, 4) is 0 Å². The van der Waals surface area contributed by atoms with Gasteiger partial charge < -0.3 is 5.73 Å². The van der Waals surface area contributed by atoms with E-state index in [1.165, 1.54) is 5.01 Å². The van der Waals surface area contributed by atoms with Crippen LogP contribution in [0.2, 0.25) is 10.0 Å². The van der Waals surface area contributed by atoms with E-state index in [0.29, 0.717) is 15.7 Å². The Labute approximate surface area is 109 Å². The minimum absolute atomic E-state index is 0.112. The molecule has 0 saturated carbocycles. The van der Waals surface area contributed by atoms with E-state index >= 15 is 0 Å². The number of hydrazone groups is 1. The molecule has 0 unspecified atom stereocenters. The van der Waals surface area contributed by atoms with Crippen LogP contribution in [0.5, 0.6) is 0 Å². The Morgan fingerprint density at radius 3 is 2.53 bits per heavy atom. The van der Waals surface area contributed by atoms with Gasteiger partial charge >= 0.3 is 0 Å². The molecule has 1 aliphatic rings. The highest BCUT2D eigenvalue weighted by atomic mass is 35.5. The molecule has 0 aliphatic carbocycles. The summed E-state index contributed by atoms with van der Waals surface area (Å²) in [5.74, 6) is 0.0733. The van der Waals surface area contributed by atoms with E-state index < -0.39 is 0 Å². The van der Waals surface area contributed by atoms with Crippen LogP contribution in [-0.4, -0.2) is 11.7 Å². The van der Waals surface area contributed by atoms with Gasteiger partial charge in [-0.05, 0) is 31.0 Å². The number of hydrogen-bond acceptors (Lipinski definition) is 3. The van der Waals surface area contributed by atoms with Gasteiger partial charge in [0.25, 0.3) is 5.91 Å². The molecule has 0 saturated heterocycles. The van der Waals surface area contributed by atoms with Crippen molar-refractivity contribution in [2.24, 2.45) is 10.8 Å². The van der Waals surface area contributed by atoms with Gasteiger partial charge in [-0.25, -0.2) is 0 Å². The van der Waals surface area contributed by atoms with Crippen LogP contribution in [0.25, 0.3) is 0 Å². The molecule has 0 spiro atoms. The molecule has 0 atom stereocenters. The zero-order valence-corrected chi connectivity index (χ0v) is 10.9. The smallest absolute Gasteiger partial charge is 0.255 e. The molecule has 1 amide bonds. The lowest BCUT2D eigenvalue weighted by Crippen LogP contribution is -2.20. The molecule has 1 heterocycles. The fourth-order valence-electron chi connectivity index (χ4n) is 1.62. The number of nitrogens with two attached hydrogens (primary N) is 1. The maximum absolute atomic E-state index is 11.7. The summed E-state index contributed by atoms with van der Waals surface area (Å²) < 4.78 is 0. The third-order valence-corrected chi connectivity index (χ3v) is 3.67. The molecule has 17 heavy (non-hydrogen) atoms. The fourth-order valence-corrected chi connectivity index (χ4v) is 2.14. The van der Waals surface area contributed by atoms with Crippen molar-refractivity contribution in [3.63, 3.8) is 0 Å². The fraction of sp³-hybridized carbons (Fsp3) is 0.273. The quantitative estimate of drug-likeness (QED) is 0.854. The monoisotopic (exact) mass is 271 g/mol. The Hall–Kier alpha value is -1.26. The molecule has 0 aromatic heterocycles. The molecule has 90 valence electrons. The number of amides is 1. The number of amidine groups is 1. The molecule has 1 aromatic carbocycles. The summed E-state index contributed by atoms with van der Waals surface area (Å²) in [5.41, 5.74) is 7.84. The number of benzene rings is 1. The molecule has 0 fully saturated rings. The summed E-state index contributed by atoms with van der Waals surface area (Å²) in [6, 6.07) is 1.78. The molecule has 2 N–H and O–H groups in total. The molecule has 2 rings (SSSR count). The van der Waals surface area contributed by atoms with Crippen LogP contribution in [0.15, 0.2) is 11.2 Å². The third kappa shape index (κ3) is 1.98. The number of halogens is 2. The van der Waals surface area contributed by atoms with Crippen LogP contribution >= 0.6 is 23.2 Å². The van der Waals surface area contributed by atoms with Gasteiger partial charge in [-0.3, -0.25) is 4.79 Å². The Morgan fingerprint density at radius 1 is 1.35 bits per heavy atom. The minimum atomic E-state index is -0.205. The average molecular weight is 272 g/mol. The van der Waals surface area contributed by atoms with Gasteiger partial charge in [-0.1, -0.05) is 23.2 Å². The Balaban J connectivity index is 2.57. The molecular weight excluding hydrogens is 261 g/mol. The zero-order chi connectivity index (χ0) is 12.7. The van der Waals surface area contributed by atoms with Gasteiger partial charge in [0.2, 0.25) is 0 Å². The number of anilines is 1. The predicted octanol–water partition coefficient (Wildman–Crippen LogP) is 2.62. The van der Waals surface area contributed by atoms with E-state index in [1.54, 1.807) is 6.07 Å².